The lowest BCUT2D eigenvalue weighted by molar-refractivity contribution is 0.514. The first-order valence-electron chi connectivity index (χ1n) is 35.9. The highest BCUT2D eigenvalue weighted by atomic mass is 15.0. The summed E-state index contributed by atoms with van der Waals surface area (Å²) in [6.45, 7) is 7.20. The van der Waals surface area contributed by atoms with Gasteiger partial charge in [-0.05, 0) is 149 Å². The molecule has 0 aliphatic heterocycles. The Bertz CT molecular complexity index is 6060. The van der Waals surface area contributed by atoms with Crippen molar-refractivity contribution in [3.8, 4) is 113 Å². The fourth-order valence-corrected chi connectivity index (χ4v) is 18.3. The summed E-state index contributed by atoms with van der Waals surface area (Å²) >= 11 is 0. The zero-order valence-electron chi connectivity index (χ0n) is 57.7. The van der Waals surface area contributed by atoms with Crippen LogP contribution in [-0.4, -0.2) is 34.9 Å². The molecule has 20 rings (SSSR count). The molecule has 3 aromatic heterocycles. The van der Waals surface area contributed by atoms with Gasteiger partial charge in [0.05, 0.1) is 16.5 Å². The minimum absolute atomic E-state index is 0.230. The molecule has 0 radical (unpaired) electrons. The van der Waals surface area contributed by atoms with E-state index in [2.05, 4.69) is 318 Å². The molecule has 16 aromatic rings. The second-order valence-corrected chi connectivity index (χ2v) is 28.8. The summed E-state index contributed by atoms with van der Waals surface area (Å²) in [5, 5.41) is 0. The topological polar surface area (TPSA) is 90.2 Å². The van der Waals surface area contributed by atoms with Crippen molar-refractivity contribution in [2.75, 3.05) is 0 Å². The lowest BCUT2D eigenvalue weighted by Crippen LogP contribution is -2.43. The lowest BCUT2D eigenvalue weighted by Gasteiger charge is -2.48. The van der Waals surface area contributed by atoms with Gasteiger partial charge in [0.25, 0.3) is 0 Å². The van der Waals surface area contributed by atoms with E-state index in [4.69, 9.17) is 34.9 Å². The summed E-state index contributed by atoms with van der Waals surface area (Å²) in [5.74, 6) is 3.62. The van der Waals surface area contributed by atoms with Crippen LogP contribution in [0.4, 0.5) is 0 Å². The lowest BCUT2D eigenvalue weighted by atomic mass is 9.54. The van der Waals surface area contributed by atoms with Crippen LogP contribution < -0.4 is 0 Å². The minimum Gasteiger partial charge on any atom is -0.256 e. The van der Waals surface area contributed by atoms with Gasteiger partial charge in [0.15, 0.2) is 34.9 Å². The van der Waals surface area contributed by atoms with E-state index < -0.39 is 16.2 Å². The van der Waals surface area contributed by atoms with Gasteiger partial charge < -0.3 is 0 Å². The Kier molecular flexibility index (Phi) is 13.8. The maximum absolute atomic E-state index is 5.62. The fourth-order valence-electron chi connectivity index (χ4n) is 18.3. The number of fused-ring (bicyclic) bond motifs is 18. The molecule has 4 aliphatic rings. The third-order valence-corrected chi connectivity index (χ3v) is 22.8. The minimum atomic E-state index is -0.707. The normalized spacial score (nSPS) is 15.4. The number of pyridine rings is 1. The average Bonchev–Trinajstić information content (AvgIpc) is 1.41. The number of aromatic nitrogens is 7. The zero-order chi connectivity index (χ0) is 69.3. The number of hydrogen-bond acceptors (Lipinski definition) is 7. The van der Waals surface area contributed by atoms with E-state index in [-0.39, 0.29) is 5.41 Å². The van der Waals surface area contributed by atoms with Crippen molar-refractivity contribution in [1.29, 1.82) is 0 Å². The zero-order valence-corrected chi connectivity index (χ0v) is 57.7. The molecule has 0 unspecified atom stereocenters. The molecule has 0 atom stereocenters. The second-order valence-electron chi connectivity index (χ2n) is 28.8. The number of hydrogen-bond donors (Lipinski definition) is 0. The van der Waals surface area contributed by atoms with Crippen LogP contribution in [0.1, 0.15) is 93.1 Å². The predicted molar refractivity (Wildman–Crippen MR) is 418 cm³/mol. The van der Waals surface area contributed by atoms with Crippen molar-refractivity contribution < 1.29 is 0 Å². The van der Waals surface area contributed by atoms with E-state index in [9.17, 15) is 0 Å². The van der Waals surface area contributed by atoms with Crippen molar-refractivity contribution in [1.82, 2.24) is 34.9 Å². The Labute approximate surface area is 605 Å². The Balaban J connectivity index is 0.728. The van der Waals surface area contributed by atoms with Gasteiger partial charge in [0.1, 0.15) is 0 Å². The van der Waals surface area contributed by atoms with E-state index in [1.54, 1.807) is 0 Å². The first-order chi connectivity index (χ1) is 51.2. The number of nitrogens with zero attached hydrogens (tertiary/aromatic N) is 7. The quantitative estimate of drug-likeness (QED) is 0.135. The summed E-state index contributed by atoms with van der Waals surface area (Å²) in [5.41, 5.74) is 28.6. The maximum atomic E-state index is 5.62. The highest BCUT2D eigenvalue weighted by Gasteiger charge is 2.56. The van der Waals surface area contributed by atoms with E-state index in [0.29, 0.717) is 41.4 Å². The van der Waals surface area contributed by atoms with Crippen LogP contribution in [0, 0.1) is 0 Å². The van der Waals surface area contributed by atoms with E-state index in [1.165, 1.54) is 77.9 Å². The molecule has 104 heavy (non-hydrogen) atoms. The molecule has 3 heterocycles. The van der Waals surface area contributed by atoms with Gasteiger partial charge >= 0.3 is 0 Å². The Morgan fingerprint density at radius 3 is 1.21 bits per heavy atom. The molecule has 0 fully saturated rings. The average molecular weight is 1330 g/mol. The van der Waals surface area contributed by atoms with Gasteiger partial charge in [-0.25, -0.2) is 29.9 Å². The third kappa shape index (κ3) is 9.12. The Hall–Kier alpha value is -13.0. The van der Waals surface area contributed by atoms with E-state index in [1.807, 2.05) is 42.6 Å². The SMILES string of the molecule is CC1(C)c2ccccc2C2(c3ccccc3-c3ccc(-c4nc(-c5cccc(CC6(C)c7ccccc7C7(c8ccccc8-c8c(-c9nc(-c%10ccccc%10)nc(-c%10cccc(-c%11ccccn%11)c%10)n9)cccc87)c7ccccc76)c5)nc(-c5cccc(-c6ccccc6)c5)n4)cc32)c2ccccc21. The monoisotopic (exact) mass is 1330 g/mol. The molecule has 0 saturated heterocycles. The maximum Gasteiger partial charge on any atom is 0.164 e. The van der Waals surface area contributed by atoms with Crippen molar-refractivity contribution in [2.24, 2.45) is 0 Å². The standard InChI is InChI=1S/C97H67N7/c1-94(2)76-43-14-18-47-80(76)97(81-48-19-15-44-77(81)94)74-41-12-10-38-70(74)71-54-53-69(59-85(71)97)92-101-89(100-90(102-92)67-36-25-33-64(57-67)62-29-6-4-7-30-62)66-35-24-28-61(56-66)60-95(3)78-45-16-20-49-82(78)96(83-50-21-17-46-79(83)95)75-42-13-11-39-72(75)87-73(40-27-51-84(87)96)93-103-88(63-31-8-5-9-32-63)99-91(104-93)68-37-26-34-65(58-68)86-52-22-23-55-98-86/h4-59H,60H2,1-3H3. The molecule has 0 bridgehead atoms. The van der Waals surface area contributed by atoms with Crippen LogP contribution >= 0.6 is 0 Å². The summed E-state index contributed by atoms with van der Waals surface area (Å²) in [7, 11) is 0. The summed E-state index contributed by atoms with van der Waals surface area (Å²) in [6.07, 6.45) is 2.52. The van der Waals surface area contributed by atoms with Crippen molar-refractivity contribution >= 4 is 0 Å². The van der Waals surface area contributed by atoms with Gasteiger partial charge in [-0.2, -0.15) is 0 Å². The molecule has 7 heteroatoms. The van der Waals surface area contributed by atoms with Gasteiger partial charge in [0, 0.05) is 56.0 Å². The molecule has 4 aliphatic carbocycles. The second kappa shape index (κ2) is 23.6. The van der Waals surface area contributed by atoms with Crippen molar-refractivity contribution in [3.63, 3.8) is 0 Å². The molecular weight excluding hydrogens is 1260 g/mol. The first-order valence-corrected chi connectivity index (χ1v) is 35.9. The molecule has 0 amide bonds. The molecule has 0 saturated carbocycles. The van der Waals surface area contributed by atoms with Crippen molar-refractivity contribution in [2.45, 2.75) is 48.9 Å². The van der Waals surface area contributed by atoms with Crippen LogP contribution in [-0.2, 0) is 28.1 Å². The summed E-state index contributed by atoms with van der Waals surface area (Å²) in [4.78, 5) is 37.5. The molecule has 0 N–H and O–H groups in total. The molecule has 13 aromatic carbocycles. The van der Waals surface area contributed by atoms with Crippen LogP contribution in [0.2, 0.25) is 0 Å². The van der Waals surface area contributed by atoms with Gasteiger partial charge in [-0.1, -0.05) is 318 Å². The first kappa shape index (κ1) is 60.9. The highest BCUT2D eigenvalue weighted by molar-refractivity contribution is 5.96. The number of rotatable bonds is 10. The van der Waals surface area contributed by atoms with E-state index in [0.717, 1.165) is 72.5 Å². The fraction of sp³-hybridized carbons (Fsp3) is 0.0825. The van der Waals surface area contributed by atoms with Crippen molar-refractivity contribution in [3.05, 3.63) is 412 Å². The van der Waals surface area contributed by atoms with Gasteiger partial charge in [0.2, 0.25) is 0 Å². The highest BCUT2D eigenvalue weighted by Crippen LogP contribution is 2.65. The van der Waals surface area contributed by atoms with Crippen LogP contribution in [0.15, 0.2) is 340 Å². The van der Waals surface area contributed by atoms with E-state index >= 15 is 0 Å². The largest absolute Gasteiger partial charge is 0.256 e. The van der Waals surface area contributed by atoms with Crippen LogP contribution in [0.5, 0.6) is 0 Å². The molecule has 2 spiro atoms. The number of benzene rings is 13. The van der Waals surface area contributed by atoms with Gasteiger partial charge in [-0.3, -0.25) is 4.98 Å². The molecular formula is C97H67N7. The van der Waals surface area contributed by atoms with Gasteiger partial charge in [-0.15, -0.1) is 0 Å². The summed E-state index contributed by atoms with van der Waals surface area (Å²) < 4.78 is 0. The van der Waals surface area contributed by atoms with Crippen LogP contribution in [0.25, 0.3) is 113 Å². The Morgan fingerprint density at radius 2 is 0.615 bits per heavy atom. The molecule has 7 nitrogen and oxygen atoms in total. The summed E-state index contributed by atoms with van der Waals surface area (Å²) in [6, 6.07) is 121. The van der Waals surface area contributed by atoms with Crippen LogP contribution in [0.3, 0.4) is 0 Å². The molecule has 490 valence electrons. The third-order valence-electron chi connectivity index (χ3n) is 22.8. The smallest absolute Gasteiger partial charge is 0.164 e. The Morgan fingerprint density at radius 1 is 0.231 bits per heavy atom. The predicted octanol–water partition coefficient (Wildman–Crippen LogP) is 22.0.